The van der Waals surface area contributed by atoms with Crippen LogP contribution in [0, 0.1) is 0 Å². The van der Waals surface area contributed by atoms with Gasteiger partial charge in [0.1, 0.15) is 11.8 Å². The lowest BCUT2D eigenvalue weighted by Gasteiger charge is -2.03. The summed E-state index contributed by atoms with van der Waals surface area (Å²) in [6.07, 6.45) is 0.0166. The molecule has 6 nitrogen and oxygen atoms in total. The zero-order chi connectivity index (χ0) is 13.6. The van der Waals surface area contributed by atoms with Crippen molar-refractivity contribution < 1.29 is 14.3 Å². The van der Waals surface area contributed by atoms with E-state index in [1.807, 2.05) is 0 Å². The minimum absolute atomic E-state index is 0.0166. The molecule has 0 radical (unpaired) electrons. The van der Waals surface area contributed by atoms with Gasteiger partial charge in [-0.25, -0.2) is 3.96 Å². The van der Waals surface area contributed by atoms with Gasteiger partial charge in [0, 0.05) is 0 Å². The van der Waals surface area contributed by atoms with E-state index in [4.69, 9.17) is 4.74 Å². The van der Waals surface area contributed by atoms with Crippen LogP contribution < -0.4 is 15.6 Å². The molecule has 7 heteroatoms. The second-order valence-electron chi connectivity index (χ2n) is 4.22. The second-order valence-corrected chi connectivity index (χ2v) is 5.23. The molecule has 1 aromatic heterocycles. The normalized spacial score (nSPS) is 18.9. The molecule has 98 valence electrons. The molecule has 1 saturated heterocycles. The molecule has 1 aliphatic heterocycles. The Hall–Kier alpha value is -2.15. The first-order valence-electron chi connectivity index (χ1n) is 5.63. The summed E-state index contributed by atoms with van der Waals surface area (Å²) in [5.74, 6) is -0.191. The summed E-state index contributed by atoms with van der Waals surface area (Å²) < 4.78 is 7.19. The highest BCUT2D eigenvalue weighted by molar-refractivity contribution is 7.14. The van der Waals surface area contributed by atoms with E-state index in [-0.39, 0.29) is 17.9 Å². The fourth-order valence-electron chi connectivity index (χ4n) is 2.08. The van der Waals surface area contributed by atoms with E-state index in [1.165, 1.54) is 22.6 Å². The quantitative estimate of drug-likeness (QED) is 0.819. The predicted octanol–water partition coefficient (Wildman–Crippen LogP) is 0.659. The topological polar surface area (TPSA) is 77.4 Å². The molecule has 1 N–H and O–H groups in total. The molecule has 0 bridgehead atoms. The van der Waals surface area contributed by atoms with Crippen LogP contribution in [0.4, 0.5) is 0 Å². The van der Waals surface area contributed by atoms with E-state index in [1.54, 1.807) is 18.2 Å². The van der Waals surface area contributed by atoms with Crippen molar-refractivity contribution in [1.29, 1.82) is 0 Å². The first-order chi connectivity index (χ1) is 9.10. The molecule has 1 atom stereocenters. The van der Waals surface area contributed by atoms with Crippen LogP contribution in [0.2, 0.25) is 0 Å². The number of aromatic nitrogens is 1. The van der Waals surface area contributed by atoms with Gasteiger partial charge in [-0.3, -0.25) is 19.7 Å². The highest BCUT2D eigenvalue weighted by Crippen LogP contribution is 2.26. The summed E-state index contributed by atoms with van der Waals surface area (Å²) in [6.45, 7) is 0. The summed E-state index contributed by atoms with van der Waals surface area (Å²) in [7, 11) is 1.52. The average molecular weight is 278 g/mol. The number of benzene rings is 1. The van der Waals surface area contributed by atoms with Crippen LogP contribution in [0.5, 0.6) is 5.75 Å². The van der Waals surface area contributed by atoms with Crippen LogP contribution in [-0.2, 0) is 9.59 Å². The zero-order valence-corrected chi connectivity index (χ0v) is 10.8. The molecule has 1 aliphatic rings. The van der Waals surface area contributed by atoms with Gasteiger partial charge in [-0.05, 0) is 18.2 Å². The molecule has 1 fully saturated rings. The van der Waals surface area contributed by atoms with Gasteiger partial charge in [-0.15, -0.1) is 0 Å². The average Bonchev–Trinajstić information content (AvgIpc) is 2.89. The van der Waals surface area contributed by atoms with Gasteiger partial charge in [0.15, 0.2) is 0 Å². The molecule has 3 rings (SSSR count). The number of rotatable bonds is 2. The monoisotopic (exact) mass is 278 g/mol. The maximum atomic E-state index is 12.3. The van der Waals surface area contributed by atoms with Crippen molar-refractivity contribution >= 4 is 33.4 Å². The van der Waals surface area contributed by atoms with Crippen molar-refractivity contribution in [3.05, 3.63) is 28.6 Å². The number of amides is 2. The van der Waals surface area contributed by atoms with Crippen molar-refractivity contribution in [3.8, 4) is 5.75 Å². The van der Waals surface area contributed by atoms with Crippen molar-refractivity contribution in [3.63, 3.8) is 0 Å². The summed E-state index contributed by atoms with van der Waals surface area (Å²) >= 11 is 1.18. The molecular weight excluding hydrogens is 268 g/mol. The Balaban J connectivity index is 2.15. The van der Waals surface area contributed by atoms with E-state index < -0.39 is 11.9 Å². The highest BCUT2D eigenvalue weighted by atomic mass is 32.1. The van der Waals surface area contributed by atoms with Crippen molar-refractivity contribution in [1.82, 2.24) is 9.27 Å². The Labute approximate surface area is 111 Å². The van der Waals surface area contributed by atoms with Crippen LogP contribution >= 0.6 is 11.5 Å². The molecule has 2 amide bonds. The number of nitrogens with one attached hydrogen (secondary N) is 1. The molecule has 2 aromatic rings. The number of nitrogens with zero attached hydrogens (tertiary/aromatic N) is 1. The SMILES string of the molecule is COc1ccc2sn(C3CC(=O)NC3=O)c(=O)c2c1. The molecule has 1 aromatic carbocycles. The standard InChI is InChI=1S/C12H10N2O4S/c1-18-6-2-3-9-7(4-6)12(17)14(19-9)8-5-10(15)13-11(8)16/h2-4,8H,5H2,1H3,(H,13,15,16). The Bertz CT molecular complexity index is 746. The number of carbonyl (C=O) groups is 2. The van der Waals surface area contributed by atoms with Gasteiger partial charge in [-0.1, -0.05) is 11.5 Å². The van der Waals surface area contributed by atoms with Crippen molar-refractivity contribution in [2.24, 2.45) is 0 Å². The molecule has 19 heavy (non-hydrogen) atoms. The van der Waals surface area contributed by atoms with E-state index >= 15 is 0 Å². The number of fused-ring (bicyclic) bond motifs is 1. The third-order valence-corrected chi connectivity index (χ3v) is 4.21. The van der Waals surface area contributed by atoms with Gasteiger partial charge in [0.05, 0.1) is 23.6 Å². The van der Waals surface area contributed by atoms with Crippen LogP contribution in [0.25, 0.3) is 10.1 Å². The molecule has 0 spiro atoms. The van der Waals surface area contributed by atoms with Crippen LogP contribution in [-0.4, -0.2) is 22.9 Å². The van der Waals surface area contributed by atoms with Crippen LogP contribution in [0.3, 0.4) is 0 Å². The number of methoxy groups -OCH3 is 1. The van der Waals surface area contributed by atoms with Crippen LogP contribution in [0.15, 0.2) is 23.0 Å². The minimum Gasteiger partial charge on any atom is -0.497 e. The molecule has 0 saturated carbocycles. The van der Waals surface area contributed by atoms with E-state index in [9.17, 15) is 14.4 Å². The highest BCUT2D eigenvalue weighted by Gasteiger charge is 2.34. The summed E-state index contributed by atoms with van der Waals surface area (Å²) in [5, 5.41) is 2.70. The number of imide groups is 1. The van der Waals surface area contributed by atoms with Gasteiger partial charge in [0.2, 0.25) is 5.91 Å². The van der Waals surface area contributed by atoms with Crippen molar-refractivity contribution in [2.75, 3.05) is 7.11 Å². The maximum absolute atomic E-state index is 12.3. The molecule has 1 unspecified atom stereocenters. The van der Waals surface area contributed by atoms with Gasteiger partial charge < -0.3 is 4.74 Å². The fraction of sp³-hybridized carbons (Fsp3) is 0.250. The summed E-state index contributed by atoms with van der Waals surface area (Å²) in [4.78, 5) is 35.1. The summed E-state index contributed by atoms with van der Waals surface area (Å²) in [6, 6.07) is 4.43. The molecular formula is C12H10N2O4S. The Morgan fingerprint density at radius 2 is 2.16 bits per heavy atom. The minimum atomic E-state index is -0.733. The number of ether oxygens (including phenoxy) is 1. The van der Waals surface area contributed by atoms with Crippen LogP contribution in [0.1, 0.15) is 12.5 Å². The lowest BCUT2D eigenvalue weighted by atomic mass is 10.2. The Morgan fingerprint density at radius 3 is 2.79 bits per heavy atom. The number of carbonyl (C=O) groups excluding carboxylic acids is 2. The van der Waals surface area contributed by atoms with Gasteiger partial charge in [0.25, 0.3) is 11.5 Å². The lowest BCUT2D eigenvalue weighted by molar-refractivity contribution is -0.125. The largest absolute Gasteiger partial charge is 0.497 e. The Kier molecular flexibility index (Phi) is 2.63. The zero-order valence-electron chi connectivity index (χ0n) is 10.0. The lowest BCUT2D eigenvalue weighted by Crippen LogP contribution is -2.27. The van der Waals surface area contributed by atoms with E-state index in [0.29, 0.717) is 11.1 Å². The first kappa shape index (κ1) is 11.9. The fourth-order valence-corrected chi connectivity index (χ4v) is 3.15. The second kappa shape index (κ2) is 4.20. The number of hydrogen-bond acceptors (Lipinski definition) is 5. The number of hydrogen-bond donors (Lipinski definition) is 1. The van der Waals surface area contributed by atoms with E-state index in [0.717, 1.165) is 4.70 Å². The van der Waals surface area contributed by atoms with Gasteiger partial charge >= 0.3 is 0 Å². The summed E-state index contributed by atoms with van der Waals surface area (Å²) in [5.41, 5.74) is -0.270. The smallest absolute Gasteiger partial charge is 0.269 e. The maximum Gasteiger partial charge on any atom is 0.269 e. The molecule has 2 heterocycles. The third-order valence-electron chi connectivity index (χ3n) is 3.04. The third kappa shape index (κ3) is 1.82. The molecule has 0 aliphatic carbocycles. The van der Waals surface area contributed by atoms with Crippen molar-refractivity contribution in [2.45, 2.75) is 12.5 Å². The van der Waals surface area contributed by atoms with Gasteiger partial charge in [-0.2, -0.15) is 0 Å². The van der Waals surface area contributed by atoms with E-state index in [2.05, 4.69) is 5.32 Å². The predicted molar refractivity (Wildman–Crippen MR) is 69.4 cm³/mol. The first-order valence-corrected chi connectivity index (χ1v) is 6.41. The Morgan fingerprint density at radius 1 is 1.37 bits per heavy atom.